The van der Waals surface area contributed by atoms with E-state index in [2.05, 4.69) is 319 Å². The maximum absolute atomic E-state index is 2.46. The van der Waals surface area contributed by atoms with Crippen LogP contribution in [0.4, 0.5) is 0 Å². The monoisotopic (exact) mass is 1400 g/mol. The first-order chi connectivity index (χ1) is 36.1. The number of halogens is 2. The number of benzene rings is 4. The summed E-state index contributed by atoms with van der Waals surface area (Å²) in [6, 6.07) is 37.6. The van der Waals surface area contributed by atoms with Gasteiger partial charge in [-0.1, -0.05) is 272 Å². The van der Waals surface area contributed by atoms with Gasteiger partial charge in [0.15, 0.2) is 0 Å². The second kappa shape index (κ2) is 29.8. The SMILES string of the molecule is Cc1ccc(C)c2[cH-]c(P(C(C)(C)C)C(C)(C)C)cc12.Cc1ccc(C)c2[cH-]c(P(C(C)(C)C)C(C)(C)C)cc12.Cc1ccc(C)c2[cH-]c(P(C(C)(C)C)C(C)(C)C)cc12.Cc1ccc(C)c2[cH-]c(P(C(C)(C)C)C(C)(C)C)cc12.[Cl-].[Cl-].[Zr+2].[Zr+2]. The third kappa shape index (κ3) is 19.7. The summed E-state index contributed by atoms with van der Waals surface area (Å²) in [7, 11) is -0.838. The Hall–Kier alpha value is -0.614. The van der Waals surface area contributed by atoms with E-state index in [0.29, 0.717) is 41.2 Å². The number of hydrogen-bond acceptors (Lipinski definition) is 0. The number of aryl methyl sites for hydroxylation is 8. The van der Waals surface area contributed by atoms with Crippen LogP contribution in [0.3, 0.4) is 0 Å². The van der Waals surface area contributed by atoms with Crippen LogP contribution in [0.1, 0.15) is 211 Å². The summed E-state index contributed by atoms with van der Waals surface area (Å²) >= 11 is 0. The van der Waals surface area contributed by atoms with Crippen molar-refractivity contribution in [3.8, 4) is 0 Å². The van der Waals surface area contributed by atoms with Gasteiger partial charge in [0.1, 0.15) is 0 Å². The summed E-state index contributed by atoms with van der Waals surface area (Å²) in [5, 5.41) is 20.5. The largest absolute Gasteiger partial charge is 2.00 e. The summed E-state index contributed by atoms with van der Waals surface area (Å²) in [5.74, 6) is 0. The fourth-order valence-electron chi connectivity index (χ4n) is 13.9. The molecule has 0 unspecified atom stereocenters. The quantitative estimate of drug-likeness (QED) is 0.122. The first kappa shape index (κ1) is 81.4. The Morgan fingerprint density at radius 1 is 0.226 bits per heavy atom. The molecule has 0 saturated heterocycles. The Morgan fingerprint density at radius 3 is 0.452 bits per heavy atom. The summed E-state index contributed by atoms with van der Waals surface area (Å²) < 4.78 is 0. The molecule has 0 aromatic heterocycles. The van der Waals surface area contributed by atoms with Gasteiger partial charge >= 0.3 is 52.4 Å². The molecule has 0 aliphatic carbocycles. The Kier molecular flexibility index (Phi) is 28.8. The molecule has 0 amide bonds. The van der Waals surface area contributed by atoms with Crippen LogP contribution in [0.25, 0.3) is 43.1 Å². The van der Waals surface area contributed by atoms with Crippen molar-refractivity contribution in [2.45, 2.75) is 263 Å². The van der Waals surface area contributed by atoms with E-state index in [1.165, 1.54) is 87.6 Å². The molecule has 0 nitrogen and oxygen atoms in total. The van der Waals surface area contributed by atoms with Gasteiger partial charge in [0.2, 0.25) is 0 Å². The number of fused-ring (bicyclic) bond motifs is 4. The average molecular weight is 1400 g/mol. The van der Waals surface area contributed by atoms with E-state index in [0.717, 1.165) is 0 Å². The van der Waals surface area contributed by atoms with Gasteiger partial charge in [-0.3, -0.25) is 0 Å². The maximum atomic E-state index is 2.46. The predicted octanol–water partition coefficient (Wildman–Crippen LogP) is 17.5. The van der Waals surface area contributed by atoms with Gasteiger partial charge in [-0.15, -0.1) is 135 Å². The molecule has 0 saturated carbocycles. The summed E-state index contributed by atoms with van der Waals surface area (Å²) in [6.07, 6.45) is 0. The first-order valence-electron chi connectivity index (χ1n) is 29.9. The minimum atomic E-state index is -0.209. The van der Waals surface area contributed by atoms with Crippen LogP contribution in [0.15, 0.2) is 97.1 Å². The Bertz CT molecular complexity index is 2740. The molecular weight excluding hydrogens is 1290 g/mol. The third-order valence-corrected chi connectivity index (χ3v) is 29.5. The second-order valence-corrected chi connectivity index (χ2v) is 47.2. The minimum Gasteiger partial charge on any atom is -1.00 e. The van der Waals surface area contributed by atoms with Crippen molar-refractivity contribution in [2.75, 3.05) is 0 Å². The third-order valence-electron chi connectivity index (χ3n) is 15.6. The van der Waals surface area contributed by atoms with Crippen molar-refractivity contribution in [3.05, 3.63) is 142 Å². The van der Waals surface area contributed by atoms with Crippen molar-refractivity contribution in [3.63, 3.8) is 0 Å². The van der Waals surface area contributed by atoms with Crippen LogP contribution < -0.4 is 46.0 Å². The summed E-state index contributed by atoms with van der Waals surface area (Å²) in [5.41, 5.74) is 11.2. The van der Waals surface area contributed by atoms with Gasteiger partial charge in [-0.2, -0.15) is 24.3 Å². The van der Waals surface area contributed by atoms with E-state index >= 15 is 0 Å². The zero-order valence-electron chi connectivity index (χ0n) is 58.8. The molecule has 0 aliphatic rings. The van der Waals surface area contributed by atoms with E-state index in [9.17, 15) is 0 Å². The molecule has 8 rings (SSSR count). The minimum absolute atomic E-state index is 0. The molecule has 0 atom stereocenters. The molecule has 0 aliphatic heterocycles. The molecule has 84 heavy (non-hydrogen) atoms. The van der Waals surface area contributed by atoms with Gasteiger partial charge in [-0.05, 0) is 68.9 Å². The van der Waals surface area contributed by atoms with Gasteiger partial charge < -0.3 is 24.8 Å². The number of hydrogen-bond donors (Lipinski definition) is 0. The van der Waals surface area contributed by atoms with E-state index < -0.39 is 0 Å². The molecule has 460 valence electrons. The Morgan fingerprint density at radius 2 is 0.345 bits per heavy atom. The molecule has 8 aromatic carbocycles. The Balaban J connectivity index is 0.000000551. The summed E-state index contributed by atoms with van der Waals surface area (Å²) in [4.78, 5) is 0. The molecule has 0 heterocycles. The van der Waals surface area contributed by atoms with Gasteiger partial charge in [0.25, 0.3) is 0 Å². The normalized spacial score (nSPS) is 12.8. The zero-order valence-corrected chi connectivity index (χ0v) is 68.8. The average Bonchev–Trinajstić information content (AvgIpc) is 4.07. The Labute approximate surface area is 572 Å². The van der Waals surface area contributed by atoms with E-state index in [4.69, 9.17) is 0 Å². The molecule has 0 N–H and O–H groups in total. The fourth-order valence-corrected chi connectivity index (χ4v) is 30.3. The van der Waals surface area contributed by atoms with Crippen LogP contribution in [-0.4, -0.2) is 41.2 Å². The van der Waals surface area contributed by atoms with Crippen molar-refractivity contribution >= 4 is 96.0 Å². The first-order valence-corrected chi connectivity index (χ1v) is 35.3. The van der Waals surface area contributed by atoms with Crippen LogP contribution >= 0.6 is 31.7 Å². The summed E-state index contributed by atoms with van der Waals surface area (Å²) in [6.45, 7) is 75.2. The topological polar surface area (TPSA) is 0 Å². The van der Waals surface area contributed by atoms with Gasteiger partial charge in [0, 0.05) is 0 Å². The molecule has 0 radical (unpaired) electrons. The molecule has 8 aromatic rings. The van der Waals surface area contributed by atoms with Crippen molar-refractivity contribution in [1.29, 1.82) is 0 Å². The van der Waals surface area contributed by atoms with Crippen LogP contribution in [0, 0.1) is 55.4 Å². The predicted molar refractivity (Wildman–Crippen MR) is 380 cm³/mol. The second-order valence-electron chi connectivity index (χ2n) is 31.7. The van der Waals surface area contributed by atoms with E-state index in [-0.39, 0.29) is 109 Å². The zero-order chi connectivity index (χ0) is 61.2. The molecule has 0 spiro atoms. The maximum Gasteiger partial charge on any atom is 2.00 e. The van der Waals surface area contributed by atoms with E-state index in [1.807, 2.05) is 0 Å². The molecule has 8 heteroatoms. The van der Waals surface area contributed by atoms with Crippen molar-refractivity contribution in [1.82, 2.24) is 0 Å². The van der Waals surface area contributed by atoms with Crippen molar-refractivity contribution in [2.24, 2.45) is 0 Å². The van der Waals surface area contributed by atoms with Gasteiger partial charge in [0.05, 0.1) is 0 Å². The van der Waals surface area contributed by atoms with Crippen LogP contribution in [0.2, 0.25) is 0 Å². The van der Waals surface area contributed by atoms with Crippen LogP contribution in [-0.2, 0) is 52.4 Å². The van der Waals surface area contributed by atoms with Gasteiger partial charge in [-0.25, -0.2) is 0 Å². The standard InChI is InChI=1S/4C19H28P.2ClH.2Zr/c4*1-13-9-10-14(2)17-12-15(11-16(13)17)20(18(3,4)5)19(6,7)8;;;;/h4*9-12H,1-8H3;2*1H;;/q4*-1;;;2*+2/p-2. The molecule has 0 bridgehead atoms. The smallest absolute Gasteiger partial charge is 1.00 e. The fraction of sp³-hybridized carbons (Fsp3) is 0.526. The van der Waals surface area contributed by atoms with E-state index in [1.54, 1.807) is 21.2 Å². The molecule has 0 fully saturated rings. The number of rotatable bonds is 4. The van der Waals surface area contributed by atoms with Crippen LogP contribution in [0.5, 0.6) is 0 Å². The van der Waals surface area contributed by atoms with Crippen molar-refractivity contribution < 1.29 is 77.2 Å². The molecular formula is C76H112Cl2P4Zr2-2.